The van der Waals surface area contributed by atoms with Gasteiger partial charge in [-0.25, -0.2) is 0 Å². The highest BCUT2D eigenvalue weighted by Crippen LogP contribution is 2.65. The summed E-state index contributed by atoms with van der Waals surface area (Å²) < 4.78 is 6.00. The Labute approximate surface area is 153 Å². The Morgan fingerprint density at radius 2 is 1.80 bits per heavy atom. The van der Waals surface area contributed by atoms with Crippen LogP contribution in [0.3, 0.4) is 0 Å². The minimum Gasteiger partial charge on any atom is -0.496 e. The summed E-state index contributed by atoms with van der Waals surface area (Å²) in [6.45, 7) is 0. The maximum Gasteiger partial charge on any atom is 0.254 e. The molecule has 0 N–H and O–H groups in total. The van der Waals surface area contributed by atoms with E-state index in [2.05, 4.69) is 33.2 Å². The first-order valence-corrected chi connectivity index (χ1v) is 9.33. The SMILES string of the molecule is COc1ccc(/C=N\N2C(=O)[C@@H]3[C@@H]4C=C[C@H]([C@@H]5C[C@H]45)[C@@H]3C2=O)cc1Br. The van der Waals surface area contributed by atoms with E-state index in [1.54, 1.807) is 13.3 Å². The summed E-state index contributed by atoms with van der Waals surface area (Å²) in [5, 5.41) is 5.34. The summed E-state index contributed by atoms with van der Waals surface area (Å²) >= 11 is 3.43. The van der Waals surface area contributed by atoms with Crippen LogP contribution in [-0.2, 0) is 9.59 Å². The standard InChI is InChI=1S/C19H17BrN2O3/c1-25-15-5-2-9(6-14(15)20)8-21-22-18(23)16-10-3-4-11(13-7-12(10)13)17(16)19(22)24/h2-6,8,10-13,16-17H,7H2,1H3/b21-8-/t10-,11-,12-,13+,16-,17+/m1/s1. The first kappa shape index (κ1) is 15.3. The van der Waals surface area contributed by atoms with Gasteiger partial charge in [0.15, 0.2) is 0 Å². The van der Waals surface area contributed by atoms with Crippen molar-refractivity contribution in [3.05, 3.63) is 40.4 Å². The number of carbonyl (C=O) groups is 2. The van der Waals surface area contributed by atoms with Crippen LogP contribution in [0.2, 0.25) is 0 Å². The molecule has 1 saturated heterocycles. The topological polar surface area (TPSA) is 59.0 Å². The second-order valence-corrected chi connectivity index (χ2v) is 8.14. The van der Waals surface area contributed by atoms with Crippen molar-refractivity contribution in [2.45, 2.75) is 6.42 Å². The molecule has 1 aromatic rings. The van der Waals surface area contributed by atoms with E-state index in [-0.39, 0.29) is 35.5 Å². The molecule has 2 amide bonds. The molecule has 6 rings (SSSR count). The van der Waals surface area contributed by atoms with Crippen molar-refractivity contribution in [2.75, 3.05) is 7.11 Å². The number of hydrogen-bond donors (Lipinski definition) is 0. The lowest BCUT2D eigenvalue weighted by molar-refractivity contribution is -0.140. The van der Waals surface area contributed by atoms with Gasteiger partial charge < -0.3 is 4.74 Å². The Kier molecular flexibility index (Phi) is 3.23. The van der Waals surface area contributed by atoms with E-state index in [4.69, 9.17) is 4.74 Å². The predicted octanol–water partition coefficient (Wildman–Crippen LogP) is 2.84. The normalized spacial score (nSPS) is 37.6. The molecule has 3 fully saturated rings. The Morgan fingerprint density at radius 1 is 1.16 bits per heavy atom. The van der Waals surface area contributed by atoms with Crippen molar-refractivity contribution < 1.29 is 14.3 Å². The number of methoxy groups -OCH3 is 1. The average Bonchev–Trinajstić information content (AvgIpc) is 3.39. The zero-order chi connectivity index (χ0) is 17.3. The van der Waals surface area contributed by atoms with E-state index in [0.717, 1.165) is 20.8 Å². The summed E-state index contributed by atoms with van der Waals surface area (Å²) in [6.07, 6.45) is 7.06. The molecule has 5 nitrogen and oxygen atoms in total. The molecule has 0 spiro atoms. The lowest BCUT2D eigenvalue weighted by Crippen LogP contribution is -2.40. The molecule has 6 heteroatoms. The second-order valence-electron chi connectivity index (χ2n) is 7.28. The number of allylic oxidation sites excluding steroid dienone is 2. The minimum absolute atomic E-state index is 0.136. The van der Waals surface area contributed by atoms with Gasteiger partial charge in [-0.1, -0.05) is 12.2 Å². The van der Waals surface area contributed by atoms with Gasteiger partial charge in [-0.05, 0) is 69.8 Å². The highest BCUT2D eigenvalue weighted by molar-refractivity contribution is 9.10. The van der Waals surface area contributed by atoms with Crippen LogP contribution >= 0.6 is 15.9 Å². The van der Waals surface area contributed by atoms with Gasteiger partial charge in [-0.3, -0.25) is 9.59 Å². The molecular weight excluding hydrogens is 384 g/mol. The number of imide groups is 1. The minimum atomic E-state index is -0.203. The maximum atomic E-state index is 12.8. The van der Waals surface area contributed by atoms with Crippen molar-refractivity contribution in [2.24, 2.45) is 40.6 Å². The molecule has 6 atom stereocenters. The van der Waals surface area contributed by atoms with Crippen molar-refractivity contribution in [1.82, 2.24) is 5.01 Å². The van der Waals surface area contributed by atoms with E-state index in [0.29, 0.717) is 11.8 Å². The number of hydrazone groups is 1. The number of amides is 2. The third-order valence-corrected chi connectivity index (χ3v) is 6.76. The highest BCUT2D eigenvalue weighted by atomic mass is 79.9. The fourth-order valence-electron chi connectivity index (χ4n) is 4.94. The lowest BCUT2D eigenvalue weighted by Gasteiger charge is -2.37. The van der Waals surface area contributed by atoms with Gasteiger partial charge in [0.2, 0.25) is 0 Å². The number of hydrogen-bond acceptors (Lipinski definition) is 4. The van der Waals surface area contributed by atoms with Crippen LogP contribution in [0.1, 0.15) is 12.0 Å². The summed E-state index contributed by atoms with van der Waals surface area (Å²) in [7, 11) is 1.60. The van der Waals surface area contributed by atoms with Crippen molar-refractivity contribution in [3.8, 4) is 5.75 Å². The third kappa shape index (κ3) is 2.09. The van der Waals surface area contributed by atoms with Crippen LogP contribution in [0, 0.1) is 35.5 Å². The summed E-state index contributed by atoms with van der Waals surface area (Å²) in [5.74, 6) is 1.71. The number of carbonyl (C=O) groups excluding carboxylic acids is 2. The zero-order valence-electron chi connectivity index (χ0n) is 13.6. The first-order chi connectivity index (χ1) is 12.1. The smallest absolute Gasteiger partial charge is 0.254 e. The molecule has 5 aliphatic rings. The number of halogens is 1. The van der Waals surface area contributed by atoms with Crippen LogP contribution < -0.4 is 4.74 Å². The van der Waals surface area contributed by atoms with Crippen LogP contribution in [-0.4, -0.2) is 30.1 Å². The molecule has 0 aromatic heterocycles. The number of rotatable bonds is 3. The van der Waals surface area contributed by atoms with Crippen LogP contribution in [0.15, 0.2) is 39.9 Å². The van der Waals surface area contributed by atoms with E-state index in [1.807, 2.05) is 18.2 Å². The van der Waals surface area contributed by atoms with E-state index in [9.17, 15) is 9.59 Å². The molecule has 2 bridgehead atoms. The molecule has 1 aliphatic heterocycles. The monoisotopic (exact) mass is 400 g/mol. The fraction of sp³-hybridized carbons (Fsp3) is 0.421. The van der Waals surface area contributed by atoms with Gasteiger partial charge in [0.1, 0.15) is 5.75 Å². The van der Waals surface area contributed by atoms with Crippen LogP contribution in [0.25, 0.3) is 0 Å². The first-order valence-electron chi connectivity index (χ1n) is 8.54. The molecule has 2 saturated carbocycles. The second kappa shape index (κ2) is 5.27. The fourth-order valence-corrected chi connectivity index (χ4v) is 5.50. The third-order valence-electron chi connectivity index (χ3n) is 6.14. The Morgan fingerprint density at radius 3 is 2.36 bits per heavy atom. The van der Waals surface area contributed by atoms with Crippen molar-refractivity contribution in [3.63, 3.8) is 0 Å². The molecule has 4 aliphatic carbocycles. The Balaban J connectivity index is 1.41. The number of benzene rings is 1. The number of nitrogens with zero attached hydrogens (tertiary/aromatic N) is 2. The van der Waals surface area contributed by atoms with Gasteiger partial charge >= 0.3 is 0 Å². The van der Waals surface area contributed by atoms with E-state index >= 15 is 0 Å². The Hall–Kier alpha value is -1.95. The Bertz CT molecular complexity index is 813. The van der Waals surface area contributed by atoms with Crippen LogP contribution in [0.4, 0.5) is 0 Å². The summed E-state index contributed by atoms with van der Waals surface area (Å²) in [5.41, 5.74) is 0.798. The molecule has 0 radical (unpaired) electrons. The quantitative estimate of drug-likeness (QED) is 0.445. The maximum absolute atomic E-state index is 12.8. The molecule has 1 heterocycles. The molecule has 0 unspecified atom stereocenters. The average molecular weight is 401 g/mol. The highest BCUT2D eigenvalue weighted by Gasteiger charge is 2.67. The number of ether oxygens (including phenoxy) is 1. The summed E-state index contributed by atoms with van der Waals surface area (Å²) in [4.78, 5) is 25.6. The zero-order valence-corrected chi connectivity index (χ0v) is 15.2. The van der Waals surface area contributed by atoms with Crippen molar-refractivity contribution in [1.29, 1.82) is 0 Å². The largest absolute Gasteiger partial charge is 0.496 e. The summed E-state index contributed by atoms with van der Waals surface area (Å²) in [6, 6.07) is 5.50. The van der Waals surface area contributed by atoms with E-state index in [1.165, 1.54) is 6.42 Å². The van der Waals surface area contributed by atoms with Gasteiger partial charge in [0.25, 0.3) is 11.8 Å². The predicted molar refractivity (Wildman–Crippen MR) is 94.8 cm³/mol. The molecule has 25 heavy (non-hydrogen) atoms. The van der Waals surface area contributed by atoms with Gasteiger partial charge in [0.05, 0.1) is 29.6 Å². The molecular formula is C19H17BrN2O3. The molecule has 1 aromatic carbocycles. The molecule has 128 valence electrons. The van der Waals surface area contributed by atoms with Gasteiger partial charge in [-0.2, -0.15) is 10.1 Å². The van der Waals surface area contributed by atoms with Gasteiger partial charge in [0, 0.05) is 0 Å². The van der Waals surface area contributed by atoms with Gasteiger partial charge in [-0.15, -0.1) is 0 Å². The lowest BCUT2D eigenvalue weighted by atomic mass is 9.63. The van der Waals surface area contributed by atoms with Crippen molar-refractivity contribution >= 4 is 34.0 Å². The van der Waals surface area contributed by atoms with Crippen LogP contribution in [0.5, 0.6) is 5.75 Å². The van der Waals surface area contributed by atoms with E-state index < -0.39 is 0 Å².